The number of aromatic amines is 1. The highest BCUT2D eigenvalue weighted by Gasteiger charge is 2.33. The van der Waals surface area contributed by atoms with Crippen molar-refractivity contribution in [1.29, 1.82) is 0 Å². The van der Waals surface area contributed by atoms with Gasteiger partial charge in [0.15, 0.2) is 5.54 Å². The number of nitrogens with one attached hydrogen (secondary N) is 1. The molecule has 0 amide bonds. The summed E-state index contributed by atoms with van der Waals surface area (Å²) in [6.45, 7) is 1.60. The Bertz CT molecular complexity index is 805. The second-order valence-electron chi connectivity index (χ2n) is 4.98. The Kier molecular flexibility index (Phi) is 2.72. The number of ether oxygens (including phenoxy) is 1. The molecular weight excluding hydrogens is 254 g/mol. The van der Waals surface area contributed by atoms with E-state index in [4.69, 9.17) is 10.5 Å². The van der Waals surface area contributed by atoms with Gasteiger partial charge in [0, 0.05) is 16.3 Å². The van der Waals surface area contributed by atoms with Crippen LogP contribution in [0, 0.1) is 0 Å². The van der Waals surface area contributed by atoms with Gasteiger partial charge in [0.1, 0.15) is 0 Å². The molecule has 1 aromatic carbocycles. The topological polar surface area (TPSA) is 81.0 Å². The molecule has 5 heteroatoms. The number of methoxy groups -OCH3 is 1. The minimum atomic E-state index is -1.26. The third kappa shape index (κ3) is 1.75. The lowest BCUT2D eigenvalue weighted by atomic mass is 9.97. The van der Waals surface area contributed by atoms with Crippen molar-refractivity contribution in [1.82, 2.24) is 9.97 Å². The fourth-order valence-corrected chi connectivity index (χ4v) is 2.35. The number of hydrogen-bond acceptors (Lipinski definition) is 4. The monoisotopic (exact) mass is 269 g/mol. The van der Waals surface area contributed by atoms with Gasteiger partial charge in [-0.1, -0.05) is 18.2 Å². The number of carbonyl (C=O) groups is 1. The average Bonchev–Trinajstić information content (AvgIpc) is 2.84. The molecule has 0 bridgehead atoms. The van der Waals surface area contributed by atoms with Crippen molar-refractivity contribution in [2.75, 3.05) is 7.11 Å². The molecule has 0 aliphatic carbocycles. The Balaban J connectivity index is 2.24. The van der Waals surface area contributed by atoms with E-state index < -0.39 is 11.5 Å². The van der Waals surface area contributed by atoms with Crippen LogP contribution in [0.1, 0.15) is 12.6 Å². The Morgan fingerprint density at radius 2 is 2.05 bits per heavy atom. The van der Waals surface area contributed by atoms with Gasteiger partial charge in [0.05, 0.1) is 24.5 Å². The van der Waals surface area contributed by atoms with Gasteiger partial charge in [0.2, 0.25) is 0 Å². The van der Waals surface area contributed by atoms with Crippen LogP contribution in [0.5, 0.6) is 0 Å². The van der Waals surface area contributed by atoms with Crippen molar-refractivity contribution >= 4 is 27.8 Å². The molecule has 20 heavy (non-hydrogen) atoms. The van der Waals surface area contributed by atoms with Gasteiger partial charge < -0.3 is 15.5 Å². The number of carbonyl (C=O) groups excluding carboxylic acids is 1. The summed E-state index contributed by atoms with van der Waals surface area (Å²) < 4.78 is 4.74. The van der Waals surface area contributed by atoms with Crippen molar-refractivity contribution in [2.24, 2.45) is 5.73 Å². The quantitative estimate of drug-likeness (QED) is 0.698. The number of fused-ring (bicyclic) bond motifs is 3. The normalized spacial score (nSPS) is 14.3. The largest absolute Gasteiger partial charge is 0.467 e. The standard InChI is InChI=1S/C15H15N3O2/c1-15(16,14(19)20-2)13-7-10-9-5-3-4-6-11(9)18-12(10)8-17-13/h3-8,18H,16H2,1-2H3. The molecule has 0 saturated heterocycles. The third-order valence-electron chi connectivity index (χ3n) is 3.53. The molecule has 0 aliphatic rings. The smallest absolute Gasteiger partial charge is 0.331 e. The highest BCUT2D eigenvalue weighted by atomic mass is 16.5. The van der Waals surface area contributed by atoms with Gasteiger partial charge in [-0.2, -0.15) is 0 Å². The molecule has 0 saturated carbocycles. The van der Waals surface area contributed by atoms with Gasteiger partial charge >= 0.3 is 5.97 Å². The molecule has 5 nitrogen and oxygen atoms in total. The molecule has 2 heterocycles. The van der Waals surface area contributed by atoms with E-state index in [-0.39, 0.29) is 0 Å². The number of hydrogen-bond donors (Lipinski definition) is 2. The molecule has 3 rings (SSSR count). The summed E-state index contributed by atoms with van der Waals surface area (Å²) in [6, 6.07) is 9.79. The molecule has 0 fully saturated rings. The average molecular weight is 269 g/mol. The molecular formula is C15H15N3O2. The van der Waals surface area contributed by atoms with E-state index >= 15 is 0 Å². The van der Waals surface area contributed by atoms with Crippen molar-refractivity contribution in [3.63, 3.8) is 0 Å². The summed E-state index contributed by atoms with van der Waals surface area (Å²) in [7, 11) is 1.32. The maximum Gasteiger partial charge on any atom is 0.331 e. The minimum Gasteiger partial charge on any atom is -0.467 e. The number of nitrogens with two attached hydrogens (primary N) is 1. The summed E-state index contributed by atoms with van der Waals surface area (Å²) in [5, 5.41) is 2.07. The number of aromatic nitrogens is 2. The van der Waals surface area contributed by atoms with Gasteiger partial charge in [-0.05, 0) is 19.1 Å². The van der Waals surface area contributed by atoms with E-state index in [1.165, 1.54) is 7.11 Å². The summed E-state index contributed by atoms with van der Waals surface area (Å²) in [5.74, 6) is -0.510. The van der Waals surface area contributed by atoms with Crippen LogP contribution < -0.4 is 5.73 Å². The summed E-state index contributed by atoms with van der Waals surface area (Å²) in [4.78, 5) is 19.3. The number of rotatable bonds is 2. The van der Waals surface area contributed by atoms with E-state index in [0.29, 0.717) is 5.69 Å². The van der Waals surface area contributed by atoms with E-state index in [2.05, 4.69) is 9.97 Å². The molecule has 1 unspecified atom stereocenters. The number of H-pyrrole nitrogens is 1. The van der Waals surface area contributed by atoms with Crippen molar-refractivity contribution in [3.05, 3.63) is 42.2 Å². The van der Waals surface area contributed by atoms with Crippen LogP contribution in [-0.4, -0.2) is 23.0 Å². The zero-order valence-electron chi connectivity index (χ0n) is 11.3. The maximum absolute atomic E-state index is 11.8. The summed E-state index contributed by atoms with van der Waals surface area (Å²) in [6.07, 6.45) is 1.69. The number of nitrogens with zero attached hydrogens (tertiary/aromatic N) is 1. The maximum atomic E-state index is 11.8. The molecule has 3 aromatic rings. The molecule has 1 atom stereocenters. The molecule has 102 valence electrons. The minimum absolute atomic E-state index is 0.488. The van der Waals surface area contributed by atoms with Gasteiger partial charge in [-0.3, -0.25) is 4.98 Å². The fourth-order valence-electron chi connectivity index (χ4n) is 2.35. The highest BCUT2D eigenvalue weighted by Crippen LogP contribution is 2.27. The van der Waals surface area contributed by atoms with Crippen LogP contribution in [0.3, 0.4) is 0 Å². The first kappa shape index (κ1) is 12.6. The first-order chi connectivity index (χ1) is 9.54. The predicted octanol–water partition coefficient (Wildman–Crippen LogP) is 2.06. The van der Waals surface area contributed by atoms with Crippen LogP contribution in [0.4, 0.5) is 0 Å². The van der Waals surface area contributed by atoms with Gasteiger partial charge in [0.25, 0.3) is 0 Å². The zero-order valence-corrected chi connectivity index (χ0v) is 11.3. The first-order valence-corrected chi connectivity index (χ1v) is 6.28. The summed E-state index contributed by atoms with van der Waals surface area (Å²) in [5.41, 5.74) is 7.21. The Morgan fingerprint density at radius 1 is 1.30 bits per heavy atom. The number of pyridine rings is 1. The highest BCUT2D eigenvalue weighted by molar-refractivity contribution is 6.07. The second kappa shape index (κ2) is 4.31. The van der Waals surface area contributed by atoms with Crippen LogP contribution in [0.25, 0.3) is 21.8 Å². The number of para-hydroxylation sites is 1. The molecule has 2 aromatic heterocycles. The lowest BCUT2D eigenvalue weighted by molar-refractivity contribution is -0.146. The van der Waals surface area contributed by atoms with E-state index in [9.17, 15) is 4.79 Å². The Morgan fingerprint density at radius 3 is 2.80 bits per heavy atom. The second-order valence-corrected chi connectivity index (χ2v) is 4.98. The van der Waals surface area contributed by atoms with Crippen LogP contribution in [0.15, 0.2) is 36.5 Å². The van der Waals surface area contributed by atoms with Crippen LogP contribution >= 0.6 is 0 Å². The Labute approximate surface area is 115 Å². The lowest BCUT2D eigenvalue weighted by Gasteiger charge is -2.20. The SMILES string of the molecule is COC(=O)C(C)(N)c1cc2c(cn1)[nH]c1ccccc12. The van der Waals surface area contributed by atoms with Crippen molar-refractivity contribution < 1.29 is 9.53 Å². The van der Waals surface area contributed by atoms with Gasteiger partial charge in [-0.15, -0.1) is 0 Å². The van der Waals surface area contributed by atoms with E-state index in [0.717, 1.165) is 21.8 Å². The number of benzene rings is 1. The molecule has 0 radical (unpaired) electrons. The molecule has 0 aliphatic heterocycles. The molecule has 3 N–H and O–H groups in total. The third-order valence-corrected chi connectivity index (χ3v) is 3.53. The summed E-state index contributed by atoms with van der Waals surface area (Å²) >= 11 is 0. The van der Waals surface area contributed by atoms with Gasteiger partial charge in [-0.25, -0.2) is 4.79 Å². The predicted molar refractivity (Wildman–Crippen MR) is 77.2 cm³/mol. The van der Waals surface area contributed by atoms with E-state index in [1.54, 1.807) is 13.1 Å². The van der Waals surface area contributed by atoms with Crippen molar-refractivity contribution in [2.45, 2.75) is 12.5 Å². The molecule has 0 spiro atoms. The van der Waals surface area contributed by atoms with Crippen LogP contribution in [-0.2, 0) is 15.1 Å². The first-order valence-electron chi connectivity index (χ1n) is 6.28. The number of esters is 1. The Hall–Kier alpha value is -2.40. The fraction of sp³-hybridized carbons (Fsp3) is 0.200. The van der Waals surface area contributed by atoms with E-state index in [1.807, 2.05) is 30.3 Å². The van der Waals surface area contributed by atoms with Crippen LogP contribution in [0.2, 0.25) is 0 Å². The zero-order chi connectivity index (χ0) is 14.3. The lowest BCUT2D eigenvalue weighted by Crippen LogP contribution is -2.43. The van der Waals surface area contributed by atoms with Crippen molar-refractivity contribution in [3.8, 4) is 0 Å².